The molecule has 0 bridgehead atoms. The van der Waals surface area contributed by atoms with Gasteiger partial charge in [-0.3, -0.25) is 0 Å². The van der Waals surface area contributed by atoms with Gasteiger partial charge in [-0.1, -0.05) is 36.7 Å². The highest BCUT2D eigenvalue weighted by Gasteiger charge is 2.17. The lowest BCUT2D eigenvalue weighted by molar-refractivity contribution is 0.571. The number of hydrogen-bond donors (Lipinski definition) is 1. The SMILES string of the molecule is Cc1cc(Br)cc(NCc2nc(C(C)(C)C)cs2)c1. The molecule has 1 N–H and O–H groups in total. The summed E-state index contributed by atoms with van der Waals surface area (Å²) in [6.07, 6.45) is 0. The van der Waals surface area contributed by atoms with E-state index in [1.54, 1.807) is 11.3 Å². The Balaban J connectivity index is 2.04. The minimum absolute atomic E-state index is 0.126. The summed E-state index contributed by atoms with van der Waals surface area (Å²) in [5.74, 6) is 0. The second kappa shape index (κ2) is 5.63. The summed E-state index contributed by atoms with van der Waals surface area (Å²) in [6.45, 7) is 9.44. The fourth-order valence-electron chi connectivity index (χ4n) is 1.75. The minimum Gasteiger partial charge on any atom is -0.378 e. The Morgan fingerprint density at radius 1 is 1.26 bits per heavy atom. The standard InChI is InChI=1S/C15H19BrN2S/c1-10-5-11(16)7-12(6-10)17-8-14-18-13(9-19-14)15(2,3)4/h5-7,9,17H,8H2,1-4H3. The van der Waals surface area contributed by atoms with Crippen molar-refractivity contribution in [2.75, 3.05) is 5.32 Å². The lowest BCUT2D eigenvalue weighted by atomic mass is 9.93. The van der Waals surface area contributed by atoms with Crippen LogP contribution in [0, 0.1) is 6.92 Å². The highest BCUT2D eigenvalue weighted by molar-refractivity contribution is 9.10. The van der Waals surface area contributed by atoms with E-state index in [1.165, 1.54) is 11.3 Å². The molecule has 4 heteroatoms. The second-order valence-electron chi connectivity index (χ2n) is 5.75. The maximum absolute atomic E-state index is 4.69. The van der Waals surface area contributed by atoms with E-state index in [4.69, 9.17) is 0 Å². The van der Waals surface area contributed by atoms with Crippen molar-refractivity contribution >= 4 is 33.0 Å². The molecule has 0 aliphatic heterocycles. The van der Waals surface area contributed by atoms with Gasteiger partial charge in [0.2, 0.25) is 0 Å². The summed E-state index contributed by atoms with van der Waals surface area (Å²) in [5, 5.41) is 6.71. The molecule has 0 unspecified atom stereocenters. The number of aryl methyl sites for hydroxylation is 1. The van der Waals surface area contributed by atoms with Gasteiger partial charge in [-0.05, 0) is 30.7 Å². The van der Waals surface area contributed by atoms with Gasteiger partial charge in [0.05, 0.1) is 12.2 Å². The van der Waals surface area contributed by atoms with E-state index >= 15 is 0 Å². The van der Waals surface area contributed by atoms with Gasteiger partial charge in [-0.15, -0.1) is 11.3 Å². The molecule has 2 aromatic rings. The van der Waals surface area contributed by atoms with E-state index in [2.05, 4.69) is 77.5 Å². The highest BCUT2D eigenvalue weighted by atomic mass is 79.9. The Bertz CT molecular complexity index is 550. The largest absolute Gasteiger partial charge is 0.378 e. The summed E-state index contributed by atoms with van der Waals surface area (Å²) in [4.78, 5) is 4.69. The van der Waals surface area contributed by atoms with Crippen LogP contribution in [0.1, 0.15) is 37.0 Å². The van der Waals surface area contributed by atoms with Crippen molar-refractivity contribution < 1.29 is 0 Å². The quantitative estimate of drug-likeness (QED) is 0.839. The van der Waals surface area contributed by atoms with Crippen LogP contribution in [0.25, 0.3) is 0 Å². The number of nitrogens with zero attached hydrogens (tertiary/aromatic N) is 1. The van der Waals surface area contributed by atoms with Crippen LogP contribution < -0.4 is 5.32 Å². The van der Waals surface area contributed by atoms with E-state index in [9.17, 15) is 0 Å². The van der Waals surface area contributed by atoms with E-state index < -0.39 is 0 Å². The first kappa shape index (κ1) is 14.5. The lowest BCUT2D eigenvalue weighted by Crippen LogP contribution is -2.11. The summed E-state index contributed by atoms with van der Waals surface area (Å²) < 4.78 is 1.10. The van der Waals surface area contributed by atoms with Gasteiger partial charge in [0.1, 0.15) is 5.01 Å². The number of anilines is 1. The highest BCUT2D eigenvalue weighted by Crippen LogP contribution is 2.25. The normalized spacial score (nSPS) is 11.6. The molecule has 2 nitrogen and oxygen atoms in total. The molecule has 0 radical (unpaired) electrons. The van der Waals surface area contributed by atoms with Crippen LogP contribution in [-0.4, -0.2) is 4.98 Å². The Morgan fingerprint density at radius 3 is 2.58 bits per heavy atom. The summed E-state index contributed by atoms with van der Waals surface area (Å²) >= 11 is 5.24. The van der Waals surface area contributed by atoms with E-state index in [-0.39, 0.29) is 5.41 Å². The van der Waals surface area contributed by atoms with Crippen LogP contribution in [0.15, 0.2) is 28.1 Å². The van der Waals surface area contributed by atoms with Crippen molar-refractivity contribution in [3.8, 4) is 0 Å². The van der Waals surface area contributed by atoms with Gasteiger partial charge in [-0.2, -0.15) is 0 Å². The Morgan fingerprint density at radius 2 is 2.00 bits per heavy atom. The van der Waals surface area contributed by atoms with Gasteiger partial charge >= 0.3 is 0 Å². The molecular formula is C15H19BrN2S. The molecule has 1 heterocycles. The number of nitrogens with one attached hydrogen (secondary N) is 1. The number of thiazole rings is 1. The van der Waals surface area contributed by atoms with Crippen LogP contribution >= 0.6 is 27.3 Å². The predicted molar refractivity (Wildman–Crippen MR) is 87.0 cm³/mol. The van der Waals surface area contributed by atoms with Gasteiger partial charge < -0.3 is 5.32 Å². The third kappa shape index (κ3) is 4.05. The topological polar surface area (TPSA) is 24.9 Å². The van der Waals surface area contributed by atoms with Gasteiger partial charge in [-0.25, -0.2) is 4.98 Å². The third-order valence-corrected chi connectivity index (χ3v) is 4.11. The molecule has 0 saturated carbocycles. The van der Waals surface area contributed by atoms with Crippen molar-refractivity contribution in [1.82, 2.24) is 4.98 Å². The number of hydrogen-bond acceptors (Lipinski definition) is 3. The van der Waals surface area contributed by atoms with Crippen molar-refractivity contribution in [3.63, 3.8) is 0 Å². The first-order valence-corrected chi connectivity index (χ1v) is 7.98. The molecule has 1 aromatic carbocycles. The fourth-order valence-corrected chi connectivity index (χ4v) is 3.32. The molecule has 0 saturated heterocycles. The van der Waals surface area contributed by atoms with E-state index in [0.29, 0.717) is 0 Å². The average molecular weight is 339 g/mol. The third-order valence-electron chi connectivity index (χ3n) is 2.81. The zero-order valence-electron chi connectivity index (χ0n) is 11.7. The van der Waals surface area contributed by atoms with Crippen molar-refractivity contribution in [2.24, 2.45) is 0 Å². The van der Waals surface area contributed by atoms with Gasteiger partial charge in [0, 0.05) is 21.0 Å². The van der Waals surface area contributed by atoms with Gasteiger partial charge in [0.25, 0.3) is 0 Å². The van der Waals surface area contributed by atoms with Crippen molar-refractivity contribution in [3.05, 3.63) is 44.3 Å². The number of aromatic nitrogens is 1. The molecule has 0 spiro atoms. The molecule has 0 amide bonds. The van der Waals surface area contributed by atoms with Crippen LogP contribution in [-0.2, 0) is 12.0 Å². The Hall–Kier alpha value is -0.870. The number of rotatable bonds is 3. The maximum atomic E-state index is 4.69. The fraction of sp³-hybridized carbons (Fsp3) is 0.400. The number of halogens is 1. The lowest BCUT2D eigenvalue weighted by Gasteiger charge is -2.14. The molecule has 0 fully saturated rings. The van der Waals surface area contributed by atoms with Crippen LogP contribution in [0.5, 0.6) is 0 Å². The number of benzene rings is 1. The average Bonchev–Trinajstić information content (AvgIpc) is 2.73. The van der Waals surface area contributed by atoms with E-state index in [1.807, 2.05) is 0 Å². The summed E-state index contributed by atoms with van der Waals surface area (Å²) in [5.41, 5.74) is 3.66. The molecule has 0 aliphatic rings. The van der Waals surface area contributed by atoms with E-state index in [0.717, 1.165) is 21.7 Å². The zero-order chi connectivity index (χ0) is 14.0. The molecule has 19 heavy (non-hydrogen) atoms. The molecule has 0 aliphatic carbocycles. The first-order chi connectivity index (χ1) is 8.84. The summed E-state index contributed by atoms with van der Waals surface area (Å²) in [6, 6.07) is 6.33. The first-order valence-electron chi connectivity index (χ1n) is 6.30. The van der Waals surface area contributed by atoms with Crippen molar-refractivity contribution in [2.45, 2.75) is 39.7 Å². The smallest absolute Gasteiger partial charge is 0.112 e. The van der Waals surface area contributed by atoms with Crippen LogP contribution in [0.4, 0.5) is 5.69 Å². The second-order valence-corrected chi connectivity index (χ2v) is 7.61. The molecule has 102 valence electrons. The van der Waals surface area contributed by atoms with Gasteiger partial charge in [0.15, 0.2) is 0 Å². The minimum atomic E-state index is 0.126. The zero-order valence-corrected chi connectivity index (χ0v) is 14.2. The molecular weight excluding hydrogens is 320 g/mol. The maximum Gasteiger partial charge on any atom is 0.112 e. The monoisotopic (exact) mass is 338 g/mol. The van der Waals surface area contributed by atoms with Crippen LogP contribution in [0.2, 0.25) is 0 Å². The predicted octanol–water partition coefficient (Wildman–Crippen LogP) is 5.12. The summed E-state index contributed by atoms with van der Waals surface area (Å²) in [7, 11) is 0. The molecule has 2 rings (SSSR count). The molecule has 1 aromatic heterocycles. The Labute approximate surface area is 127 Å². The van der Waals surface area contributed by atoms with Crippen LogP contribution in [0.3, 0.4) is 0 Å². The Kier molecular flexibility index (Phi) is 4.31. The molecule has 0 atom stereocenters. The van der Waals surface area contributed by atoms with Crippen molar-refractivity contribution in [1.29, 1.82) is 0 Å².